The molecule has 1 unspecified atom stereocenters. The van der Waals surface area contributed by atoms with Crippen LogP contribution in [0.5, 0.6) is 0 Å². The molecule has 7 heteroatoms. The summed E-state index contributed by atoms with van der Waals surface area (Å²) >= 11 is 0. The van der Waals surface area contributed by atoms with E-state index in [9.17, 15) is 4.79 Å². The number of nitrogens with two attached hydrogens (primary N) is 1. The summed E-state index contributed by atoms with van der Waals surface area (Å²) in [5, 5.41) is 26.8. The minimum absolute atomic E-state index is 0.00375. The van der Waals surface area contributed by atoms with E-state index in [0.717, 1.165) is 19.3 Å². The standard InChI is InChI=1S/C9H19NO3.CH3NO2/c1-7(2)8(10-9(12)13)5-3-4-6-11;2-1(3)4/h7-8,10-11H,3-6H2,1-2H3,(H,12,13);2H2,(H,3,4). The van der Waals surface area contributed by atoms with Gasteiger partial charge >= 0.3 is 12.2 Å². The van der Waals surface area contributed by atoms with Gasteiger partial charge in [0.25, 0.3) is 0 Å². The predicted octanol–water partition coefficient (Wildman–Crippen LogP) is 1.06. The molecular weight excluding hydrogens is 228 g/mol. The summed E-state index contributed by atoms with van der Waals surface area (Å²) in [6.45, 7) is 4.15. The van der Waals surface area contributed by atoms with Gasteiger partial charge in [-0.3, -0.25) is 0 Å². The summed E-state index contributed by atoms with van der Waals surface area (Å²) in [4.78, 5) is 19.2. The normalized spacial score (nSPS) is 11.3. The molecule has 0 spiro atoms. The lowest BCUT2D eigenvalue weighted by atomic mass is 9.99. The summed E-state index contributed by atoms with van der Waals surface area (Å²) in [5.74, 6) is 0.301. The quantitative estimate of drug-likeness (QED) is 0.449. The Morgan fingerprint density at radius 2 is 1.71 bits per heavy atom. The number of unbranched alkanes of at least 4 members (excludes halogenated alkanes) is 1. The summed E-state index contributed by atoms with van der Waals surface area (Å²) in [6.07, 6.45) is 0.0944. The van der Waals surface area contributed by atoms with Crippen LogP contribution in [0.3, 0.4) is 0 Å². The molecule has 7 nitrogen and oxygen atoms in total. The number of rotatable bonds is 6. The lowest BCUT2D eigenvalue weighted by Crippen LogP contribution is -2.37. The molecule has 1 atom stereocenters. The Morgan fingerprint density at radius 1 is 1.24 bits per heavy atom. The van der Waals surface area contributed by atoms with Crippen LogP contribution in [0.15, 0.2) is 0 Å². The minimum Gasteiger partial charge on any atom is -0.465 e. The van der Waals surface area contributed by atoms with E-state index in [4.69, 9.17) is 20.1 Å². The van der Waals surface area contributed by atoms with Crippen molar-refractivity contribution in [2.75, 3.05) is 6.61 Å². The average molecular weight is 250 g/mol. The number of hydrogen-bond donors (Lipinski definition) is 5. The average Bonchev–Trinajstić information content (AvgIpc) is 2.14. The Hall–Kier alpha value is -1.50. The summed E-state index contributed by atoms with van der Waals surface area (Å²) < 4.78 is 0. The van der Waals surface area contributed by atoms with Crippen LogP contribution >= 0.6 is 0 Å². The first-order chi connectivity index (χ1) is 7.81. The van der Waals surface area contributed by atoms with E-state index in [2.05, 4.69) is 11.1 Å². The number of aliphatic hydroxyl groups is 1. The third-order valence-corrected chi connectivity index (χ3v) is 2.04. The Labute approximate surface area is 101 Å². The van der Waals surface area contributed by atoms with Gasteiger partial charge in [0.1, 0.15) is 0 Å². The molecule has 17 heavy (non-hydrogen) atoms. The molecular formula is C10H22N2O5. The first kappa shape index (κ1) is 17.9. The van der Waals surface area contributed by atoms with E-state index >= 15 is 0 Å². The molecule has 0 aliphatic heterocycles. The van der Waals surface area contributed by atoms with E-state index in [1.807, 2.05) is 13.8 Å². The van der Waals surface area contributed by atoms with Gasteiger partial charge in [-0.15, -0.1) is 0 Å². The first-order valence-electron chi connectivity index (χ1n) is 5.40. The fourth-order valence-electron chi connectivity index (χ4n) is 1.21. The van der Waals surface area contributed by atoms with Crippen molar-refractivity contribution in [1.29, 1.82) is 0 Å². The fraction of sp³-hybridized carbons (Fsp3) is 0.800. The van der Waals surface area contributed by atoms with Crippen molar-refractivity contribution in [2.24, 2.45) is 11.7 Å². The highest BCUT2D eigenvalue weighted by Gasteiger charge is 2.14. The lowest BCUT2D eigenvalue weighted by molar-refractivity contribution is 0.183. The van der Waals surface area contributed by atoms with E-state index < -0.39 is 12.2 Å². The van der Waals surface area contributed by atoms with Gasteiger partial charge in [-0.2, -0.15) is 0 Å². The molecule has 0 heterocycles. The monoisotopic (exact) mass is 250 g/mol. The summed E-state index contributed by atoms with van der Waals surface area (Å²) in [7, 11) is 0. The van der Waals surface area contributed by atoms with Crippen molar-refractivity contribution in [1.82, 2.24) is 5.32 Å². The van der Waals surface area contributed by atoms with Crippen LogP contribution in [0.25, 0.3) is 0 Å². The van der Waals surface area contributed by atoms with Crippen LogP contribution in [0.2, 0.25) is 0 Å². The highest BCUT2D eigenvalue weighted by atomic mass is 16.4. The molecule has 0 rings (SSSR count). The van der Waals surface area contributed by atoms with Gasteiger partial charge in [-0.25, -0.2) is 9.59 Å². The Morgan fingerprint density at radius 3 is 2.00 bits per heavy atom. The maximum absolute atomic E-state index is 10.4. The van der Waals surface area contributed by atoms with E-state index in [1.54, 1.807) is 0 Å². The lowest BCUT2D eigenvalue weighted by Gasteiger charge is -2.20. The van der Waals surface area contributed by atoms with Crippen molar-refractivity contribution < 1.29 is 24.9 Å². The molecule has 0 bridgehead atoms. The van der Waals surface area contributed by atoms with E-state index in [1.165, 1.54) is 0 Å². The Kier molecular flexibility index (Phi) is 11.6. The number of amides is 2. The topological polar surface area (TPSA) is 133 Å². The number of hydrogen-bond acceptors (Lipinski definition) is 3. The number of aliphatic hydroxyl groups excluding tert-OH is 1. The molecule has 6 N–H and O–H groups in total. The smallest absolute Gasteiger partial charge is 0.404 e. The second-order valence-electron chi connectivity index (χ2n) is 3.86. The SMILES string of the molecule is CC(C)C(CCCCO)NC(=O)O.NC(=O)O. The van der Waals surface area contributed by atoms with Crippen LogP contribution in [0, 0.1) is 5.92 Å². The number of carbonyl (C=O) groups is 2. The number of nitrogens with one attached hydrogen (secondary N) is 1. The second kappa shape index (κ2) is 11.0. The first-order valence-corrected chi connectivity index (χ1v) is 5.40. The van der Waals surface area contributed by atoms with Crippen molar-refractivity contribution >= 4 is 12.2 Å². The van der Waals surface area contributed by atoms with E-state index in [0.29, 0.717) is 5.92 Å². The van der Waals surface area contributed by atoms with E-state index in [-0.39, 0.29) is 12.6 Å². The molecule has 2 amide bonds. The molecule has 0 aliphatic rings. The van der Waals surface area contributed by atoms with Crippen LogP contribution in [0.1, 0.15) is 33.1 Å². The third kappa shape index (κ3) is 17.1. The van der Waals surface area contributed by atoms with Gasteiger partial charge in [0.2, 0.25) is 0 Å². The highest BCUT2D eigenvalue weighted by molar-refractivity contribution is 5.64. The summed E-state index contributed by atoms with van der Waals surface area (Å²) in [5.41, 5.74) is 4.03. The molecule has 0 radical (unpaired) electrons. The Balaban J connectivity index is 0. The van der Waals surface area contributed by atoms with Crippen molar-refractivity contribution in [3.05, 3.63) is 0 Å². The Bertz CT molecular complexity index is 217. The maximum atomic E-state index is 10.4. The van der Waals surface area contributed by atoms with Crippen LogP contribution in [0.4, 0.5) is 9.59 Å². The van der Waals surface area contributed by atoms with Crippen LogP contribution in [-0.4, -0.2) is 40.2 Å². The van der Waals surface area contributed by atoms with Gasteiger partial charge in [0, 0.05) is 12.6 Å². The largest absolute Gasteiger partial charge is 0.465 e. The fourth-order valence-corrected chi connectivity index (χ4v) is 1.21. The van der Waals surface area contributed by atoms with Crippen LogP contribution in [-0.2, 0) is 0 Å². The molecule has 102 valence electrons. The van der Waals surface area contributed by atoms with Crippen molar-refractivity contribution in [3.63, 3.8) is 0 Å². The molecule has 0 aliphatic carbocycles. The van der Waals surface area contributed by atoms with Gasteiger partial charge in [-0.05, 0) is 25.2 Å². The zero-order chi connectivity index (χ0) is 13.8. The van der Waals surface area contributed by atoms with Crippen molar-refractivity contribution in [3.8, 4) is 0 Å². The van der Waals surface area contributed by atoms with Gasteiger partial charge in [0.05, 0.1) is 0 Å². The molecule has 0 aromatic heterocycles. The highest BCUT2D eigenvalue weighted by Crippen LogP contribution is 2.09. The second-order valence-corrected chi connectivity index (χ2v) is 3.86. The number of primary amides is 1. The van der Waals surface area contributed by atoms with Crippen molar-refractivity contribution in [2.45, 2.75) is 39.2 Å². The predicted molar refractivity (Wildman–Crippen MR) is 62.9 cm³/mol. The third-order valence-electron chi connectivity index (χ3n) is 2.04. The summed E-state index contributed by atoms with van der Waals surface area (Å²) in [6, 6.07) is 0.00375. The van der Waals surface area contributed by atoms with Gasteiger partial charge in [-0.1, -0.05) is 13.8 Å². The van der Waals surface area contributed by atoms with Gasteiger partial charge in [0.15, 0.2) is 0 Å². The number of carboxylic acid groups (broad SMARTS) is 2. The maximum Gasteiger partial charge on any atom is 0.404 e. The zero-order valence-electron chi connectivity index (χ0n) is 10.2. The molecule has 0 aromatic carbocycles. The molecule has 0 aromatic rings. The minimum atomic E-state index is -1.33. The van der Waals surface area contributed by atoms with Crippen LogP contribution < -0.4 is 11.1 Å². The van der Waals surface area contributed by atoms with Gasteiger partial charge < -0.3 is 26.4 Å². The zero-order valence-corrected chi connectivity index (χ0v) is 10.2. The molecule has 0 saturated heterocycles. The molecule has 0 fully saturated rings. The molecule has 0 saturated carbocycles.